The largest absolute Gasteiger partial charge is 0.466 e. The molecule has 1 atom stereocenters. The van der Waals surface area contributed by atoms with Crippen molar-refractivity contribution in [2.75, 3.05) is 0 Å². The van der Waals surface area contributed by atoms with Crippen LogP contribution in [0.2, 0.25) is 0 Å². The van der Waals surface area contributed by atoms with E-state index in [4.69, 9.17) is 8.83 Å². The van der Waals surface area contributed by atoms with Crippen LogP contribution in [0, 0.1) is 13.8 Å². The Morgan fingerprint density at radius 3 is 2.67 bits per heavy atom. The highest BCUT2D eigenvalue weighted by Crippen LogP contribution is 2.22. The Morgan fingerprint density at radius 1 is 1.25 bits per heavy atom. The third kappa shape index (κ3) is 3.56. The maximum Gasteiger partial charge on any atom is 0.226 e. The first-order valence-electron chi connectivity index (χ1n) is 7.89. The van der Waals surface area contributed by atoms with Crippen LogP contribution in [0.15, 0.2) is 51.5 Å². The summed E-state index contributed by atoms with van der Waals surface area (Å²) in [5.74, 6) is 2.09. The van der Waals surface area contributed by atoms with Crippen molar-refractivity contribution in [3.05, 3.63) is 65.4 Å². The number of nitrogens with zero attached hydrogens (tertiary/aromatic N) is 1. The normalized spacial score (nSPS) is 12.1. The minimum atomic E-state index is -0.115. The molecule has 124 valence electrons. The topological polar surface area (TPSA) is 68.3 Å². The molecule has 3 aromatic rings. The summed E-state index contributed by atoms with van der Waals surface area (Å²) >= 11 is 0. The molecule has 0 bridgehead atoms. The van der Waals surface area contributed by atoms with Crippen LogP contribution in [0.4, 0.5) is 0 Å². The Labute approximate surface area is 140 Å². The molecule has 0 aliphatic carbocycles. The quantitative estimate of drug-likeness (QED) is 0.771. The molecule has 0 spiro atoms. The summed E-state index contributed by atoms with van der Waals surface area (Å²) in [5, 5.41) is 2.97. The number of aryl methyl sites for hydroxylation is 2. The van der Waals surface area contributed by atoms with E-state index in [1.165, 1.54) is 6.26 Å². The van der Waals surface area contributed by atoms with E-state index in [9.17, 15) is 4.79 Å². The molecular weight excluding hydrogens is 304 g/mol. The predicted molar refractivity (Wildman–Crippen MR) is 90.4 cm³/mol. The van der Waals surface area contributed by atoms with Crippen LogP contribution in [0.3, 0.4) is 0 Å². The van der Waals surface area contributed by atoms with E-state index in [2.05, 4.69) is 10.3 Å². The van der Waals surface area contributed by atoms with Crippen molar-refractivity contribution in [2.24, 2.45) is 0 Å². The van der Waals surface area contributed by atoms with Crippen molar-refractivity contribution < 1.29 is 13.6 Å². The van der Waals surface area contributed by atoms with Gasteiger partial charge in [-0.3, -0.25) is 4.79 Å². The van der Waals surface area contributed by atoms with Crippen LogP contribution in [-0.4, -0.2) is 10.9 Å². The minimum absolute atomic E-state index is 0.103. The first-order valence-corrected chi connectivity index (χ1v) is 7.89. The molecule has 0 radical (unpaired) electrons. The summed E-state index contributed by atoms with van der Waals surface area (Å²) in [7, 11) is 0. The first-order chi connectivity index (χ1) is 11.5. The van der Waals surface area contributed by atoms with E-state index in [0.29, 0.717) is 11.6 Å². The number of rotatable bonds is 5. The number of hydrogen-bond donors (Lipinski definition) is 1. The van der Waals surface area contributed by atoms with Gasteiger partial charge in [-0.15, -0.1) is 0 Å². The lowest BCUT2D eigenvalue weighted by Crippen LogP contribution is -2.28. The number of carbonyl (C=O) groups excluding carboxylic acids is 1. The average molecular weight is 324 g/mol. The molecule has 1 unspecified atom stereocenters. The van der Waals surface area contributed by atoms with Crippen LogP contribution >= 0.6 is 0 Å². The molecule has 2 heterocycles. The van der Waals surface area contributed by atoms with Crippen LogP contribution in [0.25, 0.3) is 11.5 Å². The number of oxazole rings is 1. The van der Waals surface area contributed by atoms with Gasteiger partial charge < -0.3 is 14.2 Å². The molecule has 24 heavy (non-hydrogen) atoms. The fourth-order valence-corrected chi connectivity index (χ4v) is 2.72. The molecular formula is C19H20N2O3. The lowest BCUT2D eigenvalue weighted by Gasteiger charge is -2.12. The van der Waals surface area contributed by atoms with Crippen molar-refractivity contribution in [3.8, 4) is 11.5 Å². The summed E-state index contributed by atoms with van der Waals surface area (Å²) in [6.07, 6.45) is 1.70. The van der Waals surface area contributed by atoms with Gasteiger partial charge in [0.05, 0.1) is 18.2 Å². The van der Waals surface area contributed by atoms with E-state index >= 15 is 0 Å². The molecule has 0 fully saturated rings. The van der Waals surface area contributed by atoms with Gasteiger partial charge in [-0.2, -0.15) is 0 Å². The number of carbonyl (C=O) groups is 1. The van der Waals surface area contributed by atoms with Crippen molar-refractivity contribution in [1.82, 2.24) is 10.3 Å². The third-order valence-electron chi connectivity index (χ3n) is 3.84. The molecule has 1 N–H and O–H groups in total. The van der Waals surface area contributed by atoms with E-state index in [1.54, 1.807) is 0 Å². The summed E-state index contributed by atoms with van der Waals surface area (Å²) in [4.78, 5) is 16.6. The summed E-state index contributed by atoms with van der Waals surface area (Å²) < 4.78 is 11.0. The Hall–Kier alpha value is -2.82. The van der Waals surface area contributed by atoms with Crippen LogP contribution in [0.5, 0.6) is 0 Å². The van der Waals surface area contributed by atoms with Gasteiger partial charge in [-0.25, -0.2) is 4.98 Å². The zero-order valence-electron chi connectivity index (χ0n) is 14.0. The monoisotopic (exact) mass is 324 g/mol. The van der Waals surface area contributed by atoms with Crippen molar-refractivity contribution >= 4 is 5.91 Å². The van der Waals surface area contributed by atoms with Gasteiger partial charge in [0.15, 0.2) is 0 Å². The molecule has 0 saturated heterocycles. The average Bonchev–Trinajstić information content (AvgIpc) is 3.14. The van der Waals surface area contributed by atoms with Gasteiger partial charge in [-0.1, -0.05) is 18.2 Å². The van der Waals surface area contributed by atoms with E-state index in [-0.39, 0.29) is 18.4 Å². The molecule has 3 rings (SSSR count). The van der Waals surface area contributed by atoms with Crippen molar-refractivity contribution in [1.29, 1.82) is 0 Å². The molecule has 2 aromatic heterocycles. The molecule has 1 aromatic carbocycles. The molecule has 1 amide bonds. The van der Waals surface area contributed by atoms with Crippen LogP contribution < -0.4 is 5.32 Å². The van der Waals surface area contributed by atoms with E-state index in [1.807, 2.05) is 57.2 Å². The second kappa shape index (κ2) is 6.74. The number of hydrogen-bond acceptors (Lipinski definition) is 4. The highest BCUT2D eigenvalue weighted by molar-refractivity contribution is 5.78. The minimum Gasteiger partial charge on any atom is -0.466 e. The van der Waals surface area contributed by atoms with Crippen LogP contribution in [0.1, 0.15) is 35.7 Å². The number of benzene rings is 1. The molecule has 0 aliphatic heterocycles. The third-order valence-corrected chi connectivity index (χ3v) is 3.84. The smallest absolute Gasteiger partial charge is 0.226 e. The van der Waals surface area contributed by atoms with Gasteiger partial charge in [0, 0.05) is 11.1 Å². The maximum absolute atomic E-state index is 12.2. The van der Waals surface area contributed by atoms with Crippen molar-refractivity contribution in [2.45, 2.75) is 33.2 Å². The van der Waals surface area contributed by atoms with Gasteiger partial charge in [0.2, 0.25) is 11.8 Å². The predicted octanol–water partition coefficient (Wildman–Crippen LogP) is 3.97. The fraction of sp³-hybridized carbons (Fsp3) is 0.263. The van der Waals surface area contributed by atoms with Gasteiger partial charge in [0.1, 0.15) is 17.8 Å². The second-order valence-electron chi connectivity index (χ2n) is 5.84. The molecule has 5 nitrogen and oxygen atoms in total. The molecule has 5 heteroatoms. The number of aromatic nitrogens is 1. The Balaban J connectivity index is 1.63. The Kier molecular flexibility index (Phi) is 4.51. The van der Waals surface area contributed by atoms with Crippen LogP contribution in [-0.2, 0) is 11.2 Å². The number of furan rings is 1. The standard InChI is InChI=1S/C19H20N2O3/c1-12-9-17(14(3)24-12)13(2)20-18(22)10-16-11-23-19(21-16)15-7-5-4-6-8-15/h4-9,11,13H,10H2,1-3H3,(H,20,22). The number of nitrogens with one attached hydrogen (secondary N) is 1. The second-order valence-corrected chi connectivity index (χ2v) is 5.84. The summed E-state index contributed by atoms with van der Waals surface area (Å²) in [6.45, 7) is 5.73. The highest BCUT2D eigenvalue weighted by Gasteiger charge is 2.16. The van der Waals surface area contributed by atoms with E-state index < -0.39 is 0 Å². The summed E-state index contributed by atoms with van der Waals surface area (Å²) in [6, 6.07) is 11.4. The van der Waals surface area contributed by atoms with Gasteiger partial charge >= 0.3 is 0 Å². The highest BCUT2D eigenvalue weighted by atomic mass is 16.3. The Morgan fingerprint density at radius 2 is 2.00 bits per heavy atom. The number of amides is 1. The lowest BCUT2D eigenvalue weighted by molar-refractivity contribution is -0.121. The van der Waals surface area contributed by atoms with Crippen molar-refractivity contribution in [3.63, 3.8) is 0 Å². The fourth-order valence-electron chi connectivity index (χ4n) is 2.72. The molecule has 0 aliphatic rings. The van der Waals surface area contributed by atoms with E-state index in [0.717, 1.165) is 22.6 Å². The SMILES string of the molecule is Cc1cc(C(C)NC(=O)Cc2coc(-c3ccccc3)n2)c(C)o1. The van der Waals surface area contributed by atoms with Gasteiger partial charge in [-0.05, 0) is 39.0 Å². The lowest BCUT2D eigenvalue weighted by atomic mass is 10.1. The maximum atomic E-state index is 12.2. The van der Waals surface area contributed by atoms with Gasteiger partial charge in [0.25, 0.3) is 0 Å². The molecule has 0 saturated carbocycles. The Bertz CT molecular complexity index is 833. The first kappa shape index (κ1) is 16.1. The zero-order valence-corrected chi connectivity index (χ0v) is 14.0. The zero-order chi connectivity index (χ0) is 17.1. The summed E-state index contributed by atoms with van der Waals surface area (Å²) in [5.41, 5.74) is 2.49.